The van der Waals surface area contributed by atoms with Crippen LogP contribution < -0.4 is 0 Å². The number of benzene rings is 2. The Morgan fingerprint density at radius 3 is 2.59 bits per heavy atom. The molecule has 0 saturated heterocycles. The molecule has 0 aliphatic carbocycles. The minimum atomic E-state index is -0.676. The first kappa shape index (κ1) is 11.4. The van der Waals surface area contributed by atoms with E-state index in [9.17, 15) is 5.11 Å². The lowest BCUT2D eigenvalue weighted by atomic mass is 9.96. The highest BCUT2D eigenvalue weighted by molar-refractivity contribution is 5.39. The number of aryl methyl sites for hydroxylation is 1. The molecule has 0 bridgehead atoms. The highest BCUT2D eigenvalue weighted by Gasteiger charge is 2.12. The topological polar surface area (TPSA) is 44.0 Å². The van der Waals surface area contributed by atoms with Crippen molar-refractivity contribution in [1.29, 1.82) is 5.26 Å². The number of hydrogen-bond donors (Lipinski definition) is 1. The van der Waals surface area contributed by atoms with Crippen LogP contribution >= 0.6 is 0 Å². The van der Waals surface area contributed by atoms with Gasteiger partial charge in [0.15, 0.2) is 0 Å². The Morgan fingerprint density at radius 1 is 1.12 bits per heavy atom. The highest BCUT2D eigenvalue weighted by Crippen LogP contribution is 2.24. The average molecular weight is 223 g/mol. The van der Waals surface area contributed by atoms with Gasteiger partial charge in [-0.25, -0.2) is 0 Å². The molecule has 2 aromatic rings. The summed E-state index contributed by atoms with van der Waals surface area (Å²) in [6.45, 7) is 1.96. The van der Waals surface area contributed by atoms with Crippen molar-refractivity contribution < 1.29 is 5.11 Å². The number of aliphatic hydroxyl groups excluding tert-OH is 1. The van der Waals surface area contributed by atoms with Crippen molar-refractivity contribution in [3.8, 4) is 6.07 Å². The van der Waals surface area contributed by atoms with Crippen LogP contribution in [0.25, 0.3) is 0 Å². The van der Waals surface area contributed by atoms with Crippen molar-refractivity contribution in [1.82, 2.24) is 0 Å². The predicted molar refractivity (Wildman–Crippen MR) is 66.4 cm³/mol. The largest absolute Gasteiger partial charge is 0.384 e. The van der Waals surface area contributed by atoms with Crippen molar-refractivity contribution in [3.05, 3.63) is 70.8 Å². The average Bonchev–Trinajstić information content (AvgIpc) is 2.38. The lowest BCUT2D eigenvalue weighted by Gasteiger charge is -2.14. The van der Waals surface area contributed by atoms with Gasteiger partial charge in [0.1, 0.15) is 6.10 Å². The molecule has 0 radical (unpaired) electrons. The Balaban J connectivity index is 2.41. The van der Waals surface area contributed by atoms with Gasteiger partial charge < -0.3 is 5.11 Å². The molecule has 1 N–H and O–H groups in total. The SMILES string of the molecule is Cc1ccccc1C(O)c1cccc(C#N)c1. The van der Waals surface area contributed by atoms with Crippen LogP contribution in [0.4, 0.5) is 0 Å². The van der Waals surface area contributed by atoms with Crippen LogP contribution in [-0.2, 0) is 0 Å². The van der Waals surface area contributed by atoms with Gasteiger partial charge in [0.05, 0.1) is 11.6 Å². The van der Waals surface area contributed by atoms with Crippen LogP contribution in [0.5, 0.6) is 0 Å². The van der Waals surface area contributed by atoms with Crippen molar-refractivity contribution in [3.63, 3.8) is 0 Å². The van der Waals surface area contributed by atoms with E-state index in [0.717, 1.165) is 16.7 Å². The minimum absolute atomic E-state index is 0.565. The van der Waals surface area contributed by atoms with Gasteiger partial charge >= 0.3 is 0 Å². The van der Waals surface area contributed by atoms with E-state index in [1.165, 1.54) is 0 Å². The fraction of sp³-hybridized carbons (Fsp3) is 0.133. The molecule has 0 heterocycles. The van der Waals surface area contributed by atoms with Crippen LogP contribution in [0.1, 0.15) is 28.4 Å². The molecule has 2 aromatic carbocycles. The van der Waals surface area contributed by atoms with Gasteiger partial charge in [-0.1, -0.05) is 36.4 Å². The fourth-order valence-electron chi connectivity index (χ4n) is 1.85. The Labute approximate surface area is 101 Å². The van der Waals surface area contributed by atoms with Gasteiger partial charge in [-0.05, 0) is 35.7 Å². The Bertz CT molecular complexity index is 569. The van der Waals surface area contributed by atoms with E-state index >= 15 is 0 Å². The van der Waals surface area contributed by atoms with Gasteiger partial charge in [-0.2, -0.15) is 5.26 Å². The van der Waals surface area contributed by atoms with E-state index in [4.69, 9.17) is 5.26 Å². The monoisotopic (exact) mass is 223 g/mol. The predicted octanol–water partition coefficient (Wildman–Crippen LogP) is 2.95. The number of rotatable bonds is 2. The van der Waals surface area contributed by atoms with Crippen LogP contribution in [0, 0.1) is 18.3 Å². The smallest absolute Gasteiger partial charge is 0.104 e. The maximum Gasteiger partial charge on any atom is 0.104 e. The first-order chi connectivity index (χ1) is 8.22. The van der Waals surface area contributed by atoms with E-state index in [1.54, 1.807) is 18.2 Å². The number of aliphatic hydroxyl groups is 1. The van der Waals surface area contributed by atoms with Gasteiger partial charge in [-0.3, -0.25) is 0 Å². The normalized spacial score (nSPS) is 11.8. The molecule has 2 nitrogen and oxygen atoms in total. The molecule has 84 valence electrons. The first-order valence-corrected chi connectivity index (χ1v) is 5.46. The summed E-state index contributed by atoms with van der Waals surface area (Å²) >= 11 is 0. The molecule has 0 aromatic heterocycles. The zero-order chi connectivity index (χ0) is 12.3. The van der Waals surface area contributed by atoms with E-state index in [-0.39, 0.29) is 0 Å². The van der Waals surface area contributed by atoms with Crippen LogP contribution in [-0.4, -0.2) is 5.11 Å². The molecule has 0 fully saturated rings. The van der Waals surface area contributed by atoms with E-state index in [2.05, 4.69) is 6.07 Å². The van der Waals surface area contributed by atoms with Crippen molar-refractivity contribution in [2.45, 2.75) is 13.0 Å². The molecule has 0 saturated carbocycles. The lowest BCUT2D eigenvalue weighted by Crippen LogP contribution is -2.01. The van der Waals surface area contributed by atoms with E-state index < -0.39 is 6.10 Å². The van der Waals surface area contributed by atoms with Gasteiger partial charge in [0, 0.05) is 0 Å². The second-order valence-corrected chi connectivity index (χ2v) is 4.00. The zero-order valence-electron chi connectivity index (χ0n) is 9.59. The second-order valence-electron chi connectivity index (χ2n) is 4.00. The highest BCUT2D eigenvalue weighted by atomic mass is 16.3. The Hall–Kier alpha value is -2.11. The molecule has 1 unspecified atom stereocenters. The molecule has 2 heteroatoms. The Kier molecular flexibility index (Phi) is 3.22. The van der Waals surface area contributed by atoms with Crippen molar-refractivity contribution in [2.75, 3.05) is 0 Å². The third-order valence-corrected chi connectivity index (χ3v) is 2.81. The van der Waals surface area contributed by atoms with Crippen LogP contribution in [0.15, 0.2) is 48.5 Å². The van der Waals surface area contributed by atoms with Crippen molar-refractivity contribution >= 4 is 0 Å². The number of nitrogens with zero attached hydrogens (tertiary/aromatic N) is 1. The summed E-state index contributed by atoms with van der Waals surface area (Å²) < 4.78 is 0. The Morgan fingerprint density at radius 2 is 1.88 bits per heavy atom. The van der Waals surface area contributed by atoms with Gasteiger partial charge in [-0.15, -0.1) is 0 Å². The lowest BCUT2D eigenvalue weighted by molar-refractivity contribution is 0.219. The van der Waals surface area contributed by atoms with Crippen LogP contribution in [0.2, 0.25) is 0 Å². The summed E-state index contributed by atoms with van der Waals surface area (Å²) in [6, 6.07) is 16.9. The maximum absolute atomic E-state index is 10.3. The number of hydrogen-bond acceptors (Lipinski definition) is 2. The standard InChI is InChI=1S/C15H13NO/c1-11-5-2-3-8-14(11)15(17)13-7-4-6-12(9-13)10-16/h2-9,15,17H,1H3. The summed E-state index contributed by atoms with van der Waals surface area (Å²) in [5.41, 5.74) is 3.23. The van der Waals surface area contributed by atoms with E-state index in [0.29, 0.717) is 5.56 Å². The maximum atomic E-state index is 10.3. The first-order valence-electron chi connectivity index (χ1n) is 5.46. The summed E-state index contributed by atoms with van der Waals surface area (Å²) in [5.74, 6) is 0. The molecule has 0 amide bonds. The number of nitriles is 1. The molecule has 17 heavy (non-hydrogen) atoms. The summed E-state index contributed by atoms with van der Waals surface area (Å²) in [7, 11) is 0. The zero-order valence-corrected chi connectivity index (χ0v) is 9.59. The molecule has 0 spiro atoms. The molecular formula is C15H13NO. The molecule has 0 aliphatic rings. The third kappa shape index (κ3) is 2.35. The van der Waals surface area contributed by atoms with E-state index in [1.807, 2.05) is 37.3 Å². The quantitative estimate of drug-likeness (QED) is 0.850. The summed E-state index contributed by atoms with van der Waals surface area (Å²) in [4.78, 5) is 0. The fourth-order valence-corrected chi connectivity index (χ4v) is 1.85. The third-order valence-electron chi connectivity index (χ3n) is 2.81. The molecule has 0 aliphatic heterocycles. The van der Waals surface area contributed by atoms with Crippen molar-refractivity contribution in [2.24, 2.45) is 0 Å². The second kappa shape index (κ2) is 4.82. The van der Waals surface area contributed by atoms with Crippen LogP contribution in [0.3, 0.4) is 0 Å². The van der Waals surface area contributed by atoms with Gasteiger partial charge in [0.25, 0.3) is 0 Å². The summed E-state index contributed by atoms with van der Waals surface area (Å²) in [5, 5.41) is 19.1. The minimum Gasteiger partial charge on any atom is -0.384 e. The molecule has 1 atom stereocenters. The molecular weight excluding hydrogens is 210 g/mol. The summed E-state index contributed by atoms with van der Waals surface area (Å²) in [6.07, 6.45) is -0.676. The van der Waals surface area contributed by atoms with Gasteiger partial charge in [0.2, 0.25) is 0 Å². The molecule has 2 rings (SSSR count).